The van der Waals surface area contributed by atoms with Gasteiger partial charge in [0.25, 0.3) is 5.91 Å². The van der Waals surface area contributed by atoms with Crippen LogP contribution in [-0.4, -0.2) is 35.4 Å². The molecule has 7 heteroatoms. The topological polar surface area (TPSA) is 65.4 Å². The van der Waals surface area contributed by atoms with E-state index in [9.17, 15) is 4.79 Å². The van der Waals surface area contributed by atoms with E-state index in [-0.39, 0.29) is 5.91 Å². The van der Waals surface area contributed by atoms with Gasteiger partial charge in [0, 0.05) is 17.8 Å². The minimum absolute atomic E-state index is 0.146. The van der Waals surface area contributed by atoms with Gasteiger partial charge in [0.15, 0.2) is 11.5 Å². The molecule has 1 amide bonds. The number of nitrogens with one attached hydrogen (secondary N) is 1. The Morgan fingerprint density at radius 1 is 1.14 bits per heavy atom. The van der Waals surface area contributed by atoms with Crippen molar-refractivity contribution in [1.29, 1.82) is 0 Å². The van der Waals surface area contributed by atoms with Crippen LogP contribution in [0.1, 0.15) is 29.9 Å². The van der Waals surface area contributed by atoms with Crippen molar-refractivity contribution in [2.45, 2.75) is 27.3 Å². The number of carbonyl (C=O) groups excluding carboxylic acids is 1. The molecule has 0 bridgehead atoms. The molecular weight excluding hydrogens is 374 g/mol. The van der Waals surface area contributed by atoms with Crippen LogP contribution in [0.3, 0.4) is 0 Å². The fraction of sp³-hybridized carbons (Fsp3) is 0.333. The smallest absolute Gasteiger partial charge is 0.251 e. The molecule has 0 aliphatic heterocycles. The molecule has 2 heterocycles. The van der Waals surface area contributed by atoms with Gasteiger partial charge in [0.05, 0.1) is 24.6 Å². The second-order valence-corrected chi connectivity index (χ2v) is 7.10. The average molecular weight is 400 g/mol. The first-order valence-electron chi connectivity index (χ1n) is 9.38. The highest BCUT2D eigenvalue weighted by atomic mass is 32.1. The van der Waals surface area contributed by atoms with Gasteiger partial charge < -0.3 is 14.8 Å². The Hall–Kier alpha value is -2.80. The van der Waals surface area contributed by atoms with Gasteiger partial charge in [-0.3, -0.25) is 9.48 Å². The summed E-state index contributed by atoms with van der Waals surface area (Å²) in [7, 11) is 0. The summed E-state index contributed by atoms with van der Waals surface area (Å²) in [5.74, 6) is 1.09. The first-order chi connectivity index (χ1) is 13.6. The number of nitrogens with zero attached hydrogens (tertiary/aromatic N) is 2. The zero-order chi connectivity index (χ0) is 19.9. The largest absolute Gasteiger partial charge is 0.490 e. The molecule has 0 aliphatic rings. The number of carbonyl (C=O) groups is 1. The maximum Gasteiger partial charge on any atom is 0.251 e. The molecule has 6 nitrogen and oxygen atoms in total. The van der Waals surface area contributed by atoms with E-state index in [1.807, 2.05) is 36.9 Å². The fourth-order valence-electron chi connectivity index (χ4n) is 2.85. The summed E-state index contributed by atoms with van der Waals surface area (Å²) in [6, 6.07) is 11.4. The normalized spacial score (nSPS) is 10.7. The minimum atomic E-state index is -0.146. The van der Waals surface area contributed by atoms with Crippen molar-refractivity contribution in [3.63, 3.8) is 0 Å². The number of ether oxygens (including phenoxy) is 2. The lowest BCUT2D eigenvalue weighted by atomic mass is 10.2. The molecule has 0 saturated carbocycles. The molecule has 3 aromatic rings. The maximum absolute atomic E-state index is 12.5. The summed E-state index contributed by atoms with van der Waals surface area (Å²) in [6.45, 7) is 7.99. The SMILES string of the molecule is CCOc1ccc(C(=O)NCCn2nc(-c3cccs3)cc2C)cc1OCC. The third kappa shape index (κ3) is 4.72. The second-order valence-electron chi connectivity index (χ2n) is 6.15. The summed E-state index contributed by atoms with van der Waals surface area (Å²) in [6.07, 6.45) is 0. The molecule has 28 heavy (non-hydrogen) atoms. The van der Waals surface area contributed by atoms with Crippen LogP contribution < -0.4 is 14.8 Å². The van der Waals surface area contributed by atoms with Crippen LogP contribution in [0.5, 0.6) is 11.5 Å². The van der Waals surface area contributed by atoms with Gasteiger partial charge in [-0.05, 0) is 56.5 Å². The quantitative estimate of drug-likeness (QED) is 0.587. The summed E-state index contributed by atoms with van der Waals surface area (Å²) in [5.41, 5.74) is 2.58. The molecule has 0 radical (unpaired) electrons. The third-order valence-electron chi connectivity index (χ3n) is 4.17. The Morgan fingerprint density at radius 2 is 1.93 bits per heavy atom. The number of aryl methyl sites for hydroxylation is 1. The minimum Gasteiger partial charge on any atom is -0.490 e. The van der Waals surface area contributed by atoms with E-state index in [2.05, 4.69) is 22.5 Å². The van der Waals surface area contributed by atoms with Crippen LogP contribution >= 0.6 is 11.3 Å². The highest BCUT2D eigenvalue weighted by Crippen LogP contribution is 2.28. The Balaban J connectivity index is 1.61. The molecule has 0 aliphatic carbocycles. The molecule has 0 spiro atoms. The van der Waals surface area contributed by atoms with Crippen molar-refractivity contribution in [3.8, 4) is 22.1 Å². The van der Waals surface area contributed by atoms with Crippen LogP contribution in [0.2, 0.25) is 0 Å². The molecular formula is C21H25N3O3S. The van der Waals surface area contributed by atoms with E-state index in [1.165, 1.54) is 0 Å². The van der Waals surface area contributed by atoms with Crippen molar-refractivity contribution in [2.75, 3.05) is 19.8 Å². The van der Waals surface area contributed by atoms with Crippen molar-refractivity contribution < 1.29 is 14.3 Å². The van der Waals surface area contributed by atoms with Crippen LogP contribution in [-0.2, 0) is 6.54 Å². The van der Waals surface area contributed by atoms with Crippen LogP contribution in [0.15, 0.2) is 41.8 Å². The lowest BCUT2D eigenvalue weighted by molar-refractivity contribution is 0.0951. The first kappa shape index (κ1) is 19.9. The van der Waals surface area contributed by atoms with Gasteiger partial charge in [-0.1, -0.05) is 6.07 Å². The lowest BCUT2D eigenvalue weighted by Gasteiger charge is -2.12. The highest BCUT2D eigenvalue weighted by molar-refractivity contribution is 7.13. The molecule has 0 saturated heterocycles. The van der Waals surface area contributed by atoms with Crippen molar-refractivity contribution in [3.05, 3.63) is 53.0 Å². The molecule has 148 valence electrons. The summed E-state index contributed by atoms with van der Waals surface area (Å²) in [5, 5.41) is 9.62. The van der Waals surface area contributed by atoms with Crippen molar-refractivity contribution in [1.82, 2.24) is 15.1 Å². The summed E-state index contributed by atoms with van der Waals surface area (Å²) in [4.78, 5) is 13.6. The Kier molecular flexibility index (Phi) is 6.71. The van der Waals surface area contributed by atoms with E-state index in [4.69, 9.17) is 9.47 Å². The van der Waals surface area contributed by atoms with E-state index < -0.39 is 0 Å². The molecule has 1 aromatic carbocycles. The number of benzene rings is 1. The molecule has 1 N–H and O–H groups in total. The van der Waals surface area contributed by atoms with Gasteiger partial charge in [-0.15, -0.1) is 11.3 Å². The van der Waals surface area contributed by atoms with E-state index in [1.54, 1.807) is 29.5 Å². The molecule has 3 rings (SSSR count). The Labute approximate surface area is 169 Å². The zero-order valence-corrected chi connectivity index (χ0v) is 17.2. The molecule has 0 fully saturated rings. The van der Waals surface area contributed by atoms with Crippen LogP contribution in [0, 0.1) is 6.92 Å². The molecule has 0 unspecified atom stereocenters. The van der Waals surface area contributed by atoms with Crippen molar-refractivity contribution >= 4 is 17.2 Å². The zero-order valence-electron chi connectivity index (χ0n) is 16.4. The lowest BCUT2D eigenvalue weighted by Crippen LogP contribution is -2.27. The molecule has 2 aromatic heterocycles. The fourth-order valence-corrected chi connectivity index (χ4v) is 3.53. The number of hydrogen-bond acceptors (Lipinski definition) is 5. The third-order valence-corrected chi connectivity index (χ3v) is 5.06. The monoisotopic (exact) mass is 399 g/mol. The van der Waals surface area contributed by atoms with Crippen LogP contribution in [0.4, 0.5) is 0 Å². The van der Waals surface area contributed by atoms with Gasteiger partial charge in [-0.25, -0.2) is 0 Å². The number of rotatable bonds is 9. The highest BCUT2D eigenvalue weighted by Gasteiger charge is 2.12. The second kappa shape index (κ2) is 9.41. The molecule has 0 atom stereocenters. The number of amides is 1. The van der Waals surface area contributed by atoms with Gasteiger partial charge in [0.2, 0.25) is 0 Å². The van der Waals surface area contributed by atoms with E-state index >= 15 is 0 Å². The number of aromatic nitrogens is 2. The predicted molar refractivity (Wildman–Crippen MR) is 111 cm³/mol. The number of thiophene rings is 1. The average Bonchev–Trinajstić information content (AvgIpc) is 3.33. The predicted octanol–water partition coefficient (Wildman–Crippen LogP) is 4.15. The Morgan fingerprint density at radius 3 is 2.64 bits per heavy atom. The van der Waals surface area contributed by atoms with E-state index in [0.717, 1.165) is 16.3 Å². The van der Waals surface area contributed by atoms with Gasteiger partial charge in [-0.2, -0.15) is 5.10 Å². The number of hydrogen-bond donors (Lipinski definition) is 1. The summed E-state index contributed by atoms with van der Waals surface area (Å²) < 4.78 is 13.0. The maximum atomic E-state index is 12.5. The Bertz CT molecular complexity index is 919. The standard InChI is InChI=1S/C21H25N3O3S/c1-4-26-18-9-8-16(14-19(18)27-5-2)21(25)22-10-11-24-15(3)13-17(23-24)20-7-6-12-28-20/h6-9,12-14H,4-5,10-11H2,1-3H3,(H,22,25). The summed E-state index contributed by atoms with van der Waals surface area (Å²) >= 11 is 1.67. The van der Waals surface area contributed by atoms with Gasteiger partial charge >= 0.3 is 0 Å². The van der Waals surface area contributed by atoms with Crippen LogP contribution in [0.25, 0.3) is 10.6 Å². The van der Waals surface area contributed by atoms with E-state index in [0.29, 0.717) is 43.4 Å². The van der Waals surface area contributed by atoms with Crippen molar-refractivity contribution in [2.24, 2.45) is 0 Å². The van der Waals surface area contributed by atoms with Gasteiger partial charge in [0.1, 0.15) is 5.69 Å². The first-order valence-corrected chi connectivity index (χ1v) is 10.3.